The van der Waals surface area contributed by atoms with Crippen molar-refractivity contribution in [2.75, 3.05) is 13.1 Å². The van der Waals surface area contributed by atoms with Crippen molar-refractivity contribution in [1.82, 2.24) is 4.90 Å². The van der Waals surface area contributed by atoms with Gasteiger partial charge in [-0.2, -0.15) is 0 Å². The Morgan fingerprint density at radius 1 is 1.25 bits per heavy atom. The highest BCUT2D eigenvalue weighted by molar-refractivity contribution is 6.21. The molecule has 4 heteroatoms. The lowest BCUT2D eigenvalue weighted by molar-refractivity contribution is -0.128. The van der Waals surface area contributed by atoms with Gasteiger partial charge in [-0.3, -0.25) is 4.79 Å². The Labute approximate surface area is 83.8 Å². The van der Waals surface area contributed by atoms with Gasteiger partial charge in [-0.25, -0.2) is 0 Å². The van der Waals surface area contributed by atoms with Crippen LogP contribution in [0.15, 0.2) is 0 Å². The van der Waals surface area contributed by atoms with Gasteiger partial charge in [0.2, 0.25) is 5.91 Å². The summed E-state index contributed by atoms with van der Waals surface area (Å²) in [6.45, 7) is 6.37. The number of carbonyl (C=O) groups excluding carboxylic acids is 1. The fraction of sp³-hybridized carbons (Fsp3) is 0.875. The van der Waals surface area contributed by atoms with Crippen molar-refractivity contribution < 1.29 is 4.79 Å². The van der Waals surface area contributed by atoms with Crippen LogP contribution in [0.4, 0.5) is 0 Å². The molecule has 0 aromatic carbocycles. The molecule has 2 unspecified atom stereocenters. The van der Waals surface area contributed by atoms with E-state index in [1.807, 2.05) is 13.8 Å². The number of carbonyl (C=O) groups is 1. The molecule has 0 N–H and O–H groups in total. The maximum absolute atomic E-state index is 11.0. The molecular formula is C8H15Cl2NO. The summed E-state index contributed by atoms with van der Waals surface area (Å²) in [5, 5.41) is -0.0476. The SMILES string of the molecule is CC(=O)N(CC(C)Cl)CC(C)Cl. The van der Waals surface area contributed by atoms with Crippen LogP contribution in [-0.2, 0) is 4.79 Å². The standard InChI is InChI=1S/C8H15Cl2NO/c1-6(9)4-11(8(3)12)5-7(2)10/h6-7H,4-5H2,1-3H3. The molecule has 0 aromatic rings. The molecule has 0 rings (SSSR count). The Bertz CT molecular complexity index is 138. The lowest BCUT2D eigenvalue weighted by atomic mass is 10.3. The summed E-state index contributed by atoms with van der Waals surface area (Å²) in [6.07, 6.45) is 0. The van der Waals surface area contributed by atoms with Gasteiger partial charge in [0.1, 0.15) is 0 Å². The zero-order chi connectivity index (χ0) is 9.72. The van der Waals surface area contributed by atoms with Crippen molar-refractivity contribution >= 4 is 29.1 Å². The van der Waals surface area contributed by atoms with Crippen molar-refractivity contribution in [3.8, 4) is 0 Å². The quantitative estimate of drug-likeness (QED) is 0.653. The van der Waals surface area contributed by atoms with Gasteiger partial charge < -0.3 is 4.90 Å². The number of amides is 1. The molecule has 0 aromatic heterocycles. The molecule has 0 aliphatic rings. The molecule has 0 aliphatic carbocycles. The third-order valence-corrected chi connectivity index (χ3v) is 1.67. The first-order valence-corrected chi connectivity index (χ1v) is 4.84. The Kier molecular flexibility index (Phi) is 5.68. The molecule has 0 radical (unpaired) electrons. The minimum Gasteiger partial charge on any atom is -0.340 e. The predicted octanol–water partition coefficient (Wildman–Crippen LogP) is 2.09. The maximum atomic E-state index is 11.0. The van der Waals surface area contributed by atoms with Crippen molar-refractivity contribution in [1.29, 1.82) is 0 Å². The van der Waals surface area contributed by atoms with Crippen LogP contribution in [0.1, 0.15) is 20.8 Å². The molecular weight excluding hydrogens is 197 g/mol. The highest BCUT2D eigenvalue weighted by atomic mass is 35.5. The number of hydrogen-bond donors (Lipinski definition) is 0. The van der Waals surface area contributed by atoms with Crippen molar-refractivity contribution in [3.05, 3.63) is 0 Å². The minimum atomic E-state index is -0.0238. The van der Waals surface area contributed by atoms with E-state index >= 15 is 0 Å². The average molecular weight is 212 g/mol. The average Bonchev–Trinajstić information content (AvgIpc) is 1.83. The largest absolute Gasteiger partial charge is 0.340 e. The summed E-state index contributed by atoms with van der Waals surface area (Å²) in [4.78, 5) is 12.7. The summed E-state index contributed by atoms with van der Waals surface area (Å²) in [7, 11) is 0. The molecule has 0 saturated carbocycles. The fourth-order valence-corrected chi connectivity index (χ4v) is 1.27. The lowest BCUT2D eigenvalue weighted by Gasteiger charge is -2.23. The van der Waals surface area contributed by atoms with Gasteiger partial charge in [-0.05, 0) is 13.8 Å². The summed E-state index contributed by atoms with van der Waals surface area (Å²) >= 11 is 11.5. The second-order valence-corrected chi connectivity index (χ2v) is 4.48. The van der Waals surface area contributed by atoms with Gasteiger partial charge in [-0.1, -0.05) is 0 Å². The summed E-state index contributed by atoms with van der Waals surface area (Å²) in [5.74, 6) is 0.0231. The molecule has 0 aliphatic heterocycles. The summed E-state index contributed by atoms with van der Waals surface area (Å²) in [5.41, 5.74) is 0. The van der Waals surface area contributed by atoms with E-state index in [0.29, 0.717) is 13.1 Å². The first kappa shape index (κ1) is 12.0. The predicted molar refractivity (Wildman–Crippen MR) is 52.9 cm³/mol. The smallest absolute Gasteiger partial charge is 0.219 e. The van der Waals surface area contributed by atoms with E-state index < -0.39 is 0 Å². The Balaban J connectivity index is 3.96. The van der Waals surface area contributed by atoms with Crippen LogP contribution >= 0.6 is 23.2 Å². The first-order valence-electron chi connectivity index (χ1n) is 3.97. The fourth-order valence-electron chi connectivity index (χ4n) is 0.939. The zero-order valence-electron chi connectivity index (χ0n) is 7.68. The van der Waals surface area contributed by atoms with E-state index in [-0.39, 0.29) is 16.7 Å². The molecule has 1 amide bonds. The van der Waals surface area contributed by atoms with E-state index in [1.54, 1.807) is 4.90 Å². The Morgan fingerprint density at radius 3 is 1.75 bits per heavy atom. The van der Waals surface area contributed by atoms with E-state index in [4.69, 9.17) is 23.2 Å². The van der Waals surface area contributed by atoms with Gasteiger partial charge >= 0.3 is 0 Å². The molecule has 0 fully saturated rings. The number of nitrogens with zero attached hydrogens (tertiary/aromatic N) is 1. The lowest BCUT2D eigenvalue weighted by Crippen LogP contribution is -2.36. The third kappa shape index (κ3) is 5.67. The van der Waals surface area contributed by atoms with Gasteiger partial charge in [0, 0.05) is 30.8 Å². The normalized spacial score (nSPS) is 15.4. The highest BCUT2D eigenvalue weighted by Crippen LogP contribution is 2.03. The van der Waals surface area contributed by atoms with Crippen molar-refractivity contribution in [2.24, 2.45) is 0 Å². The van der Waals surface area contributed by atoms with E-state index in [1.165, 1.54) is 6.92 Å². The van der Waals surface area contributed by atoms with Crippen LogP contribution in [0, 0.1) is 0 Å². The monoisotopic (exact) mass is 211 g/mol. The number of hydrogen-bond acceptors (Lipinski definition) is 1. The van der Waals surface area contributed by atoms with Crippen LogP contribution < -0.4 is 0 Å². The number of alkyl halides is 2. The van der Waals surface area contributed by atoms with Crippen LogP contribution in [0.2, 0.25) is 0 Å². The van der Waals surface area contributed by atoms with Gasteiger partial charge in [-0.15, -0.1) is 23.2 Å². The van der Waals surface area contributed by atoms with E-state index in [0.717, 1.165) is 0 Å². The highest BCUT2D eigenvalue weighted by Gasteiger charge is 2.13. The number of rotatable bonds is 4. The molecule has 12 heavy (non-hydrogen) atoms. The zero-order valence-corrected chi connectivity index (χ0v) is 9.19. The maximum Gasteiger partial charge on any atom is 0.219 e. The molecule has 72 valence electrons. The van der Waals surface area contributed by atoms with Crippen LogP contribution in [0.25, 0.3) is 0 Å². The van der Waals surface area contributed by atoms with E-state index in [2.05, 4.69) is 0 Å². The second kappa shape index (κ2) is 5.65. The van der Waals surface area contributed by atoms with Crippen LogP contribution in [0.3, 0.4) is 0 Å². The molecule has 0 spiro atoms. The first-order chi connectivity index (χ1) is 5.43. The summed E-state index contributed by atoms with van der Waals surface area (Å²) < 4.78 is 0. The number of halogens is 2. The van der Waals surface area contributed by atoms with Crippen LogP contribution in [0.5, 0.6) is 0 Å². The van der Waals surface area contributed by atoms with Crippen molar-refractivity contribution in [2.45, 2.75) is 31.5 Å². The molecule has 0 bridgehead atoms. The van der Waals surface area contributed by atoms with E-state index in [9.17, 15) is 4.79 Å². The minimum absolute atomic E-state index is 0.0231. The Morgan fingerprint density at radius 2 is 1.58 bits per heavy atom. The molecule has 2 nitrogen and oxygen atoms in total. The van der Waals surface area contributed by atoms with Crippen LogP contribution in [-0.4, -0.2) is 34.7 Å². The molecule has 0 saturated heterocycles. The summed E-state index contributed by atoms with van der Waals surface area (Å²) in [6, 6.07) is 0. The van der Waals surface area contributed by atoms with Crippen molar-refractivity contribution in [3.63, 3.8) is 0 Å². The van der Waals surface area contributed by atoms with Gasteiger partial charge in [0.25, 0.3) is 0 Å². The second-order valence-electron chi connectivity index (χ2n) is 2.99. The molecule has 0 heterocycles. The van der Waals surface area contributed by atoms with Gasteiger partial charge in [0.05, 0.1) is 0 Å². The van der Waals surface area contributed by atoms with Gasteiger partial charge in [0.15, 0.2) is 0 Å². The topological polar surface area (TPSA) is 20.3 Å². The molecule has 2 atom stereocenters. The Hall–Kier alpha value is 0.0500. The third-order valence-electron chi connectivity index (χ3n) is 1.39.